The predicted molar refractivity (Wildman–Crippen MR) is 109 cm³/mol. The Morgan fingerprint density at radius 3 is 2.52 bits per heavy atom. The molecule has 3 rings (SSSR count). The largest absolute Gasteiger partial charge is 0.480 e. The van der Waals surface area contributed by atoms with E-state index in [9.17, 15) is 14.7 Å². The van der Waals surface area contributed by atoms with Crippen molar-refractivity contribution in [2.75, 3.05) is 6.54 Å². The van der Waals surface area contributed by atoms with E-state index in [1.54, 1.807) is 13.8 Å². The Morgan fingerprint density at radius 2 is 1.93 bits per heavy atom. The maximum Gasteiger partial charge on any atom is 0.317 e. The molecule has 0 saturated heterocycles. The number of carbonyl (C=O) groups excluding carboxylic acids is 1. The smallest absolute Gasteiger partial charge is 0.317 e. The van der Waals surface area contributed by atoms with Crippen molar-refractivity contribution in [1.82, 2.24) is 5.32 Å². The van der Waals surface area contributed by atoms with Crippen LogP contribution in [0.4, 0.5) is 0 Å². The fraction of sp³-hybridized carbons (Fsp3) is 0.500. The van der Waals surface area contributed by atoms with Crippen molar-refractivity contribution >= 4 is 34.5 Å². The molecule has 1 saturated carbocycles. The normalized spacial score (nSPS) is 22.9. The van der Waals surface area contributed by atoms with E-state index in [0.29, 0.717) is 28.2 Å². The van der Waals surface area contributed by atoms with E-state index >= 15 is 0 Å². The van der Waals surface area contributed by atoms with Gasteiger partial charge in [-0.15, -0.1) is 0 Å². The first-order valence-electron chi connectivity index (χ1n) is 9.25. The molecule has 0 radical (unpaired) electrons. The zero-order valence-corrected chi connectivity index (χ0v) is 16.5. The second kappa shape index (κ2) is 8.25. The second-order valence-electron chi connectivity index (χ2n) is 7.37. The van der Waals surface area contributed by atoms with Crippen molar-refractivity contribution in [2.45, 2.75) is 51.3 Å². The molecule has 144 valence electrons. The highest BCUT2D eigenvalue weighted by Crippen LogP contribution is 2.27. The van der Waals surface area contributed by atoms with Gasteiger partial charge in [0.05, 0.1) is 6.54 Å². The molecule has 27 heavy (non-hydrogen) atoms. The molecule has 1 fully saturated rings. The Balaban J connectivity index is 1.54. The van der Waals surface area contributed by atoms with E-state index in [4.69, 9.17) is 0 Å². The zero-order valence-electron chi connectivity index (χ0n) is 15.7. The fourth-order valence-electron chi connectivity index (χ4n) is 3.18. The molecule has 1 atom stereocenters. The summed E-state index contributed by atoms with van der Waals surface area (Å²) in [6.45, 7) is 3.59. The minimum Gasteiger partial charge on any atom is -0.480 e. The summed E-state index contributed by atoms with van der Waals surface area (Å²) in [4.78, 5) is 32.3. The molecule has 1 heterocycles. The van der Waals surface area contributed by atoms with Gasteiger partial charge >= 0.3 is 5.97 Å². The van der Waals surface area contributed by atoms with Crippen molar-refractivity contribution in [3.05, 3.63) is 35.4 Å². The zero-order chi connectivity index (χ0) is 19.4. The third kappa shape index (κ3) is 4.58. The highest BCUT2D eigenvalue weighted by Gasteiger charge is 2.38. The van der Waals surface area contributed by atoms with Crippen LogP contribution in [0.1, 0.15) is 55.5 Å². The van der Waals surface area contributed by atoms with Gasteiger partial charge in [-0.25, -0.2) is 4.99 Å². The van der Waals surface area contributed by atoms with E-state index in [1.165, 1.54) is 24.6 Å². The number of benzene rings is 1. The molecule has 1 aromatic carbocycles. The summed E-state index contributed by atoms with van der Waals surface area (Å²) in [5.41, 5.74) is 1.31. The number of thioether (sulfide) groups is 1. The monoisotopic (exact) mass is 387 g/mol. The summed E-state index contributed by atoms with van der Waals surface area (Å²) in [6, 6.07) is 7.89. The number of amides is 1. The molecule has 1 unspecified atom stereocenters. The lowest BCUT2D eigenvalue weighted by atomic mass is 9.85. The second-order valence-corrected chi connectivity index (χ2v) is 8.32. The van der Waals surface area contributed by atoms with E-state index in [2.05, 4.69) is 15.3 Å². The lowest BCUT2D eigenvalue weighted by Crippen LogP contribution is -2.40. The van der Waals surface area contributed by atoms with Gasteiger partial charge in [0.2, 0.25) is 0 Å². The molecule has 0 spiro atoms. The summed E-state index contributed by atoms with van der Waals surface area (Å²) in [6.07, 6.45) is 4.53. The summed E-state index contributed by atoms with van der Waals surface area (Å²) in [7, 11) is 0. The van der Waals surface area contributed by atoms with Gasteiger partial charge in [-0.3, -0.25) is 14.6 Å². The Hall–Kier alpha value is -2.15. The Morgan fingerprint density at radius 1 is 1.26 bits per heavy atom. The van der Waals surface area contributed by atoms with Crippen LogP contribution >= 0.6 is 11.8 Å². The van der Waals surface area contributed by atoms with Crippen LogP contribution in [0.15, 0.2) is 34.3 Å². The number of aliphatic carboxylic acids is 1. The first-order valence-corrected chi connectivity index (χ1v) is 10.2. The van der Waals surface area contributed by atoms with Crippen LogP contribution in [-0.4, -0.2) is 40.4 Å². The lowest BCUT2D eigenvalue weighted by Gasteiger charge is -2.26. The molecule has 1 aliphatic heterocycles. The summed E-state index contributed by atoms with van der Waals surface area (Å²) < 4.78 is 0. The first kappa shape index (κ1) is 19.6. The van der Waals surface area contributed by atoms with Gasteiger partial charge < -0.3 is 10.4 Å². The van der Waals surface area contributed by atoms with E-state index in [0.717, 1.165) is 18.4 Å². The van der Waals surface area contributed by atoms with Crippen LogP contribution in [0.5, 0.6) is 0 Å². The lowest BCUT2D eigenvalue weighted by molar-refractivity contribution is -0.143. The maximum absolute atomic E-state index is 12.3. The molecule has 1 amide bonds. The number of hydrogen-bond donors (Lipinski definition) is 2. The molecule has 0 aromatic heterocycles. The third-order valence-electron chi connectivity index (χ3n) is 5.34. The molecule has 1 aromatic rings. The van der Waals surface area contributed by atoms with Gasteiger partial charge in [0.1, 0.15) is 5.41 Å². The number of aliphatic imine (C=N–C) groups is 2. The molecular formula is C20H25N3O3S. The Kier molecular flexibility index (Phi) is 5.99. The van der Waals surface area contributed by atoms with Crippen LogP contribution in [0.25, 0.3) is 0 Å². The summed E-state index contributed by atoms with van der Waals surface area (Å²) in [5.74, 6) is -0.238. The average molecular weight is 388 g/mol. The Labute approximate surface area is 163 Å². The van der Waals surface area contributed by atoms with Crippen molar-refractivity contribution in [3.63, 3.8) is 0 Å². The van der Waals surface area contributed by atoms with E-state index in [-0.39, 0.29) is 12.5 Å². The standard InChI is InChI=1S/C20H25N3O3S/c1-13-20(2,18(25)26)12-21-19(22-13)27-11-14-7-9-15(10-8-14)17(24)23-16-5-3-4-6-16/h7-10,16H,3-6,11-12H2,1-2H3,(H,23,24)(H,25,26). The van der Waals surface area contributed by atoms with Crippen molar-refractivity contribution in [3.8, 4) is 0 Å². The minimum atomic E-state index is -1.02. The van der Waals surface area contributed by atoms with Crippen LogP contribution in [0.2, 0.25) is 0 Å². The van der Waals surface area contributed by atoms with Crippen molar-refractivity contribution in [1.29, 1.82) is 0 Å². The predicted octanol–water partition coefficient (Wildman–Crippen LogP) is 3.51. The van der Waals surface area contributed by atoms with Crippen molar-refractivity contribution < 1.29 is 14.7 Å². The van der Waals surface area contributed by atoms with Crippen LogP contribution in [0.3, 0.4) is 0 Å². The average Bonchev–Trinajstić information content (AvgIpc) is 3.16. The quantitative estimate of drug-likeness (QED) is 0.809. The number of carboxylic acids is 1. The highest BCUT2D eigenvalue weighted by molar-refractivity contribution is 8.13. The number of carboxylic acid groups (broad SMARTS) is 1. The number of nitrogens with zero attached hydrogens (tertiary/aromatic N) is 2. The van der Waals surface area contributed by atoms with Crippen molar-refractivity contribution in [2.24, 2.45) is 15.4 Å². The van der Waals surface area contributed by atoms with Gasteiger partial charge in [0.15, 0.2) is 5.17 Å². The fourth-order valence-corrected chi connectivity index (χ4v) is 4.03. The van der Waals surface area contributed by atoms with E-state index in [1.807, 2.05) is 24.3 Å². The topological polar surface area (TPSA) is 91.1 Å². The molecule has 6 nitrogen and oxygen atoms in total. The van der Waals surface area contributed by atoms with Gasteiger partial charge in [-0.2, -0.15) is 0 Å². The van der Waals surface area contributed by atoms with Gasteiger partial charge in [-0.1, -0.05) is 36.7 Å². The molecule has 2 N–H and O–H groups in total. The minimum absolute atomic E-state index is 0.00839. The Bertz CT molecular complexity index is 782. The molecular weight excluding hydrogens is 362 g/mol. The summed E-state index contributed by atoms with van der Waals surface area (Å²) in [5, 5.41) is 13.0. The number of amidine groups is 1. The van der Waals surface area contributed by atoms with Gasteiger partial charge in [0.25, 0.3) is 5.91 Å². The van der Waals surface area contributed by atoms with Crippen LogP contribution in [-0.2, 0) is 10.5 Å². The SMILES string of the molecule is CC1=NC(SCc2ccc(C(=O)NC3CCCC3)cc2)=NCC1(C)C(=O)O. The first-order chi connectivity index (χ1) is 12.9. The van der Waals surface area contributed by atoms with Crippen LogP contribution < -0.4 is 5.32 Å². The number of rotatable bonds is 5. The molecule has 7 heteroatoms. The third-order valence-corrected chi connectivity index (χ3v) is 6.30. The van der Waals surface area contributed by atoms with Gasteiger partial charge in [-0.05, 0) is 44.4 Å². The number of hydrogen-bond acceptors (Lipinski definition) is 5. The summed E-state index contributed by atoms with van der Waals surface area (Å²) >= 11 is 1.48. The molecule has 0 bridgehead atoms. The number of nitrogens with one attached hydrogen (secondary N) is 1. The molecule has 2 aliphatic rings. The van der Waals surface area contributed by atoms with Gasteiger partial charge in [0, 0.05) is 23.1 Å². The van der Waals surface area contributed by atoms with E-state index < -0.39 is 11.4 Å². The number of carbonyl (C=O) groups is 2. The van der Waals surface area contributed by atoms with Crippen LogP contribution in [0, 0.1) is 5.41 Å². The molecule has 1 aliphatic carbocycles. The highest BCUT2D eigenvalue weighted by atomic mass is 32.2. The maximum atomic E-state index is 12.3.